The molecule has 12 heavy (non-hydrogen) atoms. The van der Waals surface area contributed by atoms with Crippen LogP contribution in [-0.2, 0) is 0 Å². The summed E-state index contributed by atoms with van der Waals surface area (Å²) >= 11 is 0. The van der Waals surface area contributed by atoms with Gasteiger partial charge in [0.15, 0.2) is 0 Å². The lowest BCUT2D eigenvalue weighted by Crippen LogP contribution is -2.46. The molecule has 1 nitrogen and oxygen atoms in total. The fourth-order valence-electron chi connectivity index (χ4n) is 2.29. The average Bonchev–Trinajstić information content (AvgIpc) is 2.29. The summed E-state index contributed by atoms with van der Waals surface area (Å²) in [4.78, 5) is 2.21. The van der Waals surface area contributed by atoms with Crippen LogP contribution in [0.4, 0.5) is 4.39 Å². The lowest BCUT2D eigenvalue weighted by Gasteiger charge is -2.43. The number of likely N-dealkylation sites (tertiary alicyclic amines) is 1. The van der Waals surface area contributed by atoms with E-state index >= 15 is 0 Å². The molecule has 0 aromatic rings. The van der Waals surface area contributed by atoms with Gasteiger partial charge in [-0.1, -0.05) is 13.8 Å². The van der Waals surface area contributed by atoms with Crippen LogP contribution in [0, 0.1) is 0 Å². The van der Waals surface area contributed by atoms with Crippen LogP contribution in [-0.4, -0.2) is 30.2 Å². The number of rotatable bonds is 0. The van der Waals surface area contributed by atoms with Gasteiger partial charge in [0.1, 0.15) is 6.17 Å². The van der Waals surface area contributed by atoms with Crippen molar-refractivity contribution >= 4 is 0 Å². The maximum atomic E-state index is 12.8. The summed E-state index contributed by atoms with van der Waals surface area (Å²) < 4.78 is 12.8. The van der Waals surface area contributed by atoms with E-state index < -0.39 is 6.17 Å². The van der Waals surface area contributed by atoms with E-state index in [2.05, 4.69) is 11.9 Å². The van der Waals surface area contributed by atoms with Crippen LogP contribution < -0.4 is 0 Å². The lowest BCUT2D eigenvalue weighted by molar-refractivity contribution is 0.0798. The number of hydrogen-bond donors (Lipinski definition) is 0. The van der Waals surface area contributed by atoms with Crippen molar-refractivity contribution in [3.8, 4) is 0 Å². The van der Waals surface area contributed by atoms with Crippen molar-refractivity contribution < 1.29 is 4.39 Å². The zero-order valence-electron chi connectivity index (χ0n) is 8.44. The summed E-state index contributed by atoms with van der Waals surface area (Å²) in [5.74, 6) is 0. The minimum absolute atomic E-state index is 0.305. The predicted octanol–water partition coefficient (Wildman–Crippen LogP) is 2.61. The topological polar surface area (TPSA) is 3.24 Å². The highest BCUT2D eigenvalue weighted by molar-refractivity contribution is 5.03. The fourth-order valence-corrected chi connectivity index (χ4v) is 2.29. The molecule has 2 fully saturated rings. The molecule has 1 atom stereocenters. The second-order valence-electron chi connectivity index (χ2n) is 3.76. The van der Waals surface area contributed by atoms with Crippen LogP contribution in [0.3, 0.4) is 0 Å². The molecule has 0 amide bonds. The lowest BCUT2D eigenvalue weighted by atomic mass is 9.75. The first kappa shape index (κ1) is 9.97. The Bertz CT molecular complexity index is 143. The Morgan fingerprint density at radius 2 is 1.92 bits per heavy atom. The van der Waals surface area contributed by atoms with Gasteiger partial charge in [0, 0.05) is 12.1 Å². The van der Waals surface area contributed by atoms with Gasteiger partial charge in [-0.25, -0.2) is 4.39 Å². The molecule has 1 saturated carbocycles. The van der Waals surface area contributed by atoms with Crippen LogP contribution in [0.1, 0.15) is 39.5 Å². The molecule has 1 aliphatic carbocycles. The third-order valence-corrected chi connectivity index (χ3v) is 3.17. The van der Waals surface area contributed by atoms with Crippen molar-refractivity contribution in [2.75, 3.05) is 13.6 Å². The van der Waals surface area contributed by atoms with Gasteiger partial charge in [-0.2, -0.15) is 0 Å². The molecule has 0 aromatic heterocycles. The number of hydrogen-bond acceptors (Lipinski definition) is 1. The Kier molecular flexibility index (Phi) is 3.10. The monoisotopic (exact) mass is 173 g/mol. The first-order valence-corrected chi connectivity index (χ1v) is 5.08. The summed E-state index contributed by atoms with van der Waals surface area (Å²) in [6, 6.07) is 0. The second kappa shape index (κ2) is 3.73. The van der Waals surface area contributed by atoms with Crippen LogP contribution in [0.5, 0.6) is 0 Å². The average molecular weight is 173 g/mol. The SMILES string of the molecule is CC.CN1CC(F)CC12CCC2. The molecule has 2 rings (SSSR count). The van der Waals surface area contributed by atoms with E-state index in [0.717, 1.165) is 6.42 Å². The van der Waals surface area contributed by atoms with Gasteiger partial charge in [-0.05, 0) is 32.7 Å². The van der Waals surface area contributed by atoms with E-state index in [1.807, 2.05) is 13.8 Å². The van der Waals surface area contributed by atoms with E-state index in [0.29, 0.717) is 12.1 Å². The first-order chi connectivity index (χ1) is 5.73. The molecule has 1 unspecified atom stereocenters. The Morgan fingerprint density at radius 3 is 2.08 bits per heavy atom. The summed E-state index contributed by atoms with van der Waals surface area (Å²) in [5.41, 5.74) is 0.305. The van der Waals surface area contributed by atoms with E-state index in [-0.39, 0.29) is 0 Å². The summed E-state index contributed by atoms with van der Waals surface area (Å²) in [5, 5.41) is 0. The van der Waals surface area contributed by atoms with E-state index in [1.165, 1.54) is 19.3 Å². The van der Waals surface area contributed by atoms with Gasteiger partial charge in [0.05, 0.1) is 0 Å². The summed E-state index contributed by atoms with van der Waals surface area (Å²) in [7, 11) is 2.05. The smallest absolute Gasteiger partial charge is 0.115 e. The highest BCUT2D eigenvalue weighted by Gasteiger charge is 2.47. The maximum Gasteiger partial charge on any atom is 0.115 e. The van der Waals surface area contributed by atoms with Crippen LogP contribution >= 0.6 is 0 Å². The molecule has 2 heteroatoms. The zero-order valence-corrected chi connectivity index (χ0v) is 8.44. The van der Waals surface area contributed by atoms with Gasteiger partial charge in [-0.3, -0.25) is 4.90 Å². The van der Waals surface area contributed by atoms with Crippen molar-refractivity contribution in [1.29, 1.82) is 0 Å². The normalized spacial score (nSPS) is 32.5. The van der Waals surface area contributed by atoms with Crippen molar-refractivity contribution in [2.24, 2.45) is 0 Å². The van der Waals surface area contributed by atoms with Gasteiger partial charge >= 0.3 is 0 Å². The largest absolute Gasteiger partial charge is 0.298 e. The molecule has 0 bridgehead atoms. The molecular weight excluding hydrogens is 153 g/mol. The number of alkyl halides is 1. The highest BCUT2D eigenvalue weighted by Crippen LogP contribution is 2.45. The molecular formula is C10H20FN. The Hall–Kier alpha value is -0.110. The number of halogens is 1. The zero-order chi connectivity index (χ0) is 9.19. The summed E-state index contributed by atoms with van der Waals surface area (Å²) in [6.07, 6.45) is 4.00. The first-order valence-electron chi connectivity index (χ1n) is 5.08. The van der Waals surface area contributed by atoms with E-state index in [9.17, 15) is 4.39 Å². The summed E-state index contributed by atoms with van der Waals surface area (Å²) in [6.45, 7) is 4.67. The van der Waals surface area contributed by atoms with Crippen molar-refractivity contribution in [2.45, 2.75) is 51.2 Å². The van der Waals surface area contributed by atoms with Crippen LogP contribution in [0.2, 0.25) is 0 Å². The molecule has 1 spiro atoms. The Morgan fingerprint density at radius 1 is 1.33 bits per heavy atom. The van der Waals surface area contributed by atoms with Crippen molar-refractivity contribution in [3.05, 3.63) is 0 Å². The fraction of sp³-hybridized carbons (Fsp3) is 1.00. The second-order valence-corrected chi connectivity index (χ2v) is 3.76. The highest BCUT2D eigenvalue weighted by atomic mass is 19.1. The van der Waals surface area contributed by atoms with Gasteiger partial charge in [0.2, 0.25) is 0 Å². The molecule has 0 N–H and O–H groups in total. The molecule has 1 heterocycles. The Labute approximate surface area is 74.9 Å². The number of nitrogens with zero attached hydrogens (tertiary/aromatic N) is 1. The standard InChI is InChI=1S/C8H14FN.C2H6/c1-10-6-7(9)5-8(10)3-2-4-8;1-2/h7H,2-6H2,1H3;1-2H3. The van der Waals surface area contributed by atoms with Gasteiger partial charge < -0.3 is 0 Å². The molecule has 2 aliphatic rings. The molecule has 0 aromatic carbocycles. The van der Waals surface area contributed by atoms with E-state index in [1.54, 1.807) is 0 Å². The van der Waals surface area contributed by atoms with Crippen LogP contribution in [0.25, 0.3) is 0 Å². The third-order valence-electron chi connectivity index (χ3n) is 3.17. The Balaban J connectivity index is 0.000000336. The van der Waals surface area contributed by atoms with Crippen molar-refractivity contribution in [3.63, 3.8) is 0 Å². The minimum Gasteiger partial charge on any atom is -0.298 e. The molecule has 72 valence electrons. The van der Waals surface area contributed by atoms with E-state index in [4.69, 9.17) is 0 Å². The molecule has 1 aliphatic heterocycles. The van der Waals surface area contributed by atoms with Gasteiger partial charge in [-0.15, -0.1) is 0 Å². The molecule has 1 saturated heterocycles. The van der Waals surface area contributed by atoms with Crippen LogP contribution in [0.15, 0.2) is 0 Å². The maximum absolute atomic E-state index is 12.8. The third kappa shape index (κ3) is 1.49. The minimum atomic E-state index is -0.551. The molecule has 0 radical (unpaired) electrons. The quantitative estimate of drug-likeness (QED) is 0.544. The predicted molar refractivity (Wildman–Crippen MR) is 50.1 cm³/mol. The van der Waals surface area contributed by atoms with Crippen molar-refractivity contribution in [1.82, 2.24) is 4.90 Å². The van der Waals surface area contributed by atoms with Gasteiger partial charge in [0.25, 0.3) is 0 Å².